The van der Waals surface area contributed by atoms with Crippen molar-refractivity contribution in [2.45, 2.75) is 51.5 Å². The molecule has 1 saturated carbocycles. The van der Waals surface area contributed by atoms with E-state index in [1.54, 1.807) is 10.9 Å². The number of carbonyl (C=O) groups excluding carboxylic acids is 1. The van der Waals surface area contributed by atoms with Crippen LogP contribution in [0.2, 0.25) is 0 Å². The lowest BCUT2D eigenvalue weighted by Crippen LogP contribution is -2.41. The smallest absolute Gasteiger partial charge is 0.252 e. The fraction of sp³-hybridized carbons (Fsp3) is 0.611. The van der Waals surface area contributed by atoms with Gasteiger partial charge in [0.05, 0.1) is 17.1 Å². The molecule has 0 radical (unpaired) electrons. The summed E-state index contributed by atoms with van der Waals surface area (Å²) in [4.78, 5) is 17.4. The summed E-state index contributed by atoms with van der Waals surface area (Å²) in [5, 5.41) is 17.6. The zero-order valence-electron chi connectivity index (χ0n) is 14.5. The summed E-state index contributed by atoms with van der Waals surface area (Å²) in [6, 6.07) is 1.85. The van der Waals surface area contributed by atoms with Crippen LogP contribution in [0.15, 0.2) is 12.3 Å². The number of nitrogens with one attached hydrogen (secondary N) is 1. The van der Waals surface area contributed by atoms with Gasteiger partial charge in [-0.15, -0.1) is 0 Å². The summed E-state index contributed by atoms with van der Waals surface area (Å²) in [5.41, 5.74) is 2.13. The molecule has 1 aliphatic rings. The maximum absolute atomic E-state index is 12.9. The van der Waals surface area contributed by atoms with Crippen LogP contribution in [0.4, 0.5) is 0 Å². The number of amides is 1. The normalized spacial score (nSPS) is 17.1. The third-order valence-electron chi connectivity index (χ3n) is 5.05. The summed E-state index contributed by atoms with van der Waals surface area (Å²) >= 11 is 0. The third kappa shape index (κ3) is 3.43. The molecular formula is C18H26N4O2. The van der Waals surface area contributed by atoms with Crippen molar-refractivity contribution in [3.05, 3.63) is 23.5 Å². The molecule has 0 aliphatic heterocycles. The number of hydrogen-bond acceptors (Lipinski definition) is 4. The highest BCUT2D eigenvalue weighted by Gasteiger charge is 2.26. The number of fused-ring (bicyclic) bond motifs is 1. The van der Waals surface area contributed by atoms with Gasteiger partial charge in [-0.2, -0.15) is 5.10 Å². The van der Waals surface area contributed by atoms with Crippen LogP contribution < -0.4 is 5.32 Å². The van der Waals surface area contributed by atoms with E-state index in [9.17, 15) is 9.90 Å². The molecule has 6 heteroatoms. The molecule has 3 rings (SSSR count). The Morgan fingerprint density at radius 1 is 1.42 bits per heavy atom. The van der Waals surface area contributed by atoms with E-state index in [1.807, 2.05) is 20.0 Å². The summed E-state index contributed by atoms with van der Waals surface area (Å²) in [7, 11) is 1.83. The molecule has 1 fully saturated rings. The van der Waals surface area contributed by atoms with Crippen molar-refractivity contribution < 1.29 is 9.90 Å². The monoisotopic (exact) mass is 330 g/mol. The fourth-order valence-electron chi connectivity index (χ4n) is 3.77. The predicted molar refractivity (Wildman–Crippen MR) is 92.8 cm³/mol. The first-order chi connectivity index (χ1) is 11.6. The van der Waals surface area contributed by atoms with E-state index in [4.69, 9.17) is 0 Å². The van der Waals surface area contributed by atoms with Crippen molar-refractivity contribution in [1.29, 1.82) is 0 Å². The maximum Gasteiger partial charge on any atom is 0.252 e. The Morgan fingerprint density at radius 2 is 2.17 bits per heavy atom. The first-order valence-corrected chi connectivity index (χ1v) is 8.81. The number of pyridine rings is 1. The van der Waals surface area contributed by atoms with E-state index >= 15 is 0 Å². The van der Waals surface area contributed by atoms with Crippen LogP contribution in [-0.2, 0) is 7.05 Å². The van der Waals surface area contributed by atoms with Gasteiger partial charge in [0.25, 0.3) is 5.91 Å². The standard InChI is InChI=1S/C18H26N4O2/c1-12-10-14(15-11-19-22(2)17(15)20-12)18(24)21-16(8-9-23)13-6-4-3-5-7-13/h10-11,13,16,23H,3-9H2,1-2H3,(H,21,24). The SMILES string of the molecule is Cc1cc(C(=O)NC(CCO)C2CCCCC2)c2cnn(C)c2n1. The van der Waals surface area contributed by atoms with Gasteiger partial charge in [-0.05, 0) is 38.2 Å². The second-order valence-corrected chi connectivity index (χ2v) is 6.81. The molecule has 0 bridgehead atoms. The third-order valence-corrected chi connectivity index (χ3v) is 5.05. The van der Waals surface area contributed by atoms with Crippen LogP contribution in [0, 0.1) is 12.8 Å². The first-order valence-electron chi connectivity index (χ1n) is 8.81. The van der Waals surface area contributed by atoms with E-state index in [2.05, 4.69) is 15.4 Å². The van der Waals surface area contributed by atoms with Crippen molar-refractivity contribution in [2.24, 2.45) is 13.0 Å². The second-order valence-electron chi connectivity index (χ2n) is 6.81. The first kappa shape index (κ1) is 16.9. The number of aryl methyl sites for hydroxylation is 2. The second kappa shape index (κ2) is 7.30. The minimum atomic E-state index is -0.0949. The molecule has 0 aromatic carbocycles. The van der Waals surface area contributed by atoms with Gasteiger partial charge < -0.3 is 10.4 Å². The topological polar surface area (TPSA) is 80.0 Å². The van der Waals surface area contributed by atoms with E-state index in [0.29, 0.717) is 17.9 Å². The average molecular weight is 330 g/mol. The number of hydrogen-bond donors (Lipinski definition) is 2. The van der Waals surface area contributed by atoms with Crippen molar-refractivity contribution in [1.82, 2.24) is 20.1 Å². The van der Waals surface area contributed by atoms with E-state index in [-0.39, 0.29) is 18.6 Å². The molecule has 24 heavy (non-hydrogen) atoms. The van der Waals surface area contributed by atoms with Crippen LogP contribution in [0.3, 0.4) is 0 Å². The van der Waals surface area contributed by atoms with Crippen LogP contribution in [0.5, 0.6) is 0 Å². The maximum atomic E-state index is 12.9. The molecule has 1 aliphatic carbocycles. The van der Waals surface area contributed by atoms with Gasteiger partial charge >= 0.3 is 0 Å². The molecule has 1 amide bonds. The van der Waals surface area contributed by atoms with E-state index in [0.717, 1.165) is 29.6 Å². The highest BCUT2D eigenvalue weighted by Crippen LogP contribution is 2.28. The summed E-state index contributed by atoms with van der Waals surface area (Å²) in [6.45, 7) is 1.98. The molecular weight excluding hydrogens is 304 g/mol. The highest BCUT2D eigenvalue weighted by atomic mass is 16.3. The van der Waals surface area contributed by atoms with Crippen molar-refractivity contribution in [3.63, 3.8) is 0 Å². The van der Waals surface area contributed by atoms with Gasteiger partial charge in [-0.1, -0.05) is 19.3 Å². The van der Waals surface area contributed by atoms with E-state index in [1.165, 1.54) is 19.3 Å². The Labute approximate surface area is 142 Å². The quantitative estimate of drug-likeness (QED) is 0.882. The van der Waals surface area contributed by atoms with Gasteiger partial charge in [0.1, 0.15) is 0 Å². The molecule has 6 nitrogen and oxygen atoms in total. The largest absolute Gasteiger partial charge is 0.396 e. The van der Waals surface area contributed by atoms with Crippen LogP contribution in [-0.4, -0.2) is 38.4 Å². The number of nitrogens with zero attached hydrogens (tertiary/aromatic N) is 3. The lowest BCUT2D eigenvalue weighted by atomic mass is 9.82. The summed E-state index contributed by atoms with van der Waals surface area (Å²) in [5.74, 6) is 0.365. The molecule has 2 aromatic heterocycles. The fourth-order valence-corrected chi connectivity index (χ4v) is 3.77. The Bertz CT molecular complexity index is 719. The van der Waals surface area contributed by atoms with Crippen LogP contribution >= 0.6 is 0 Å². The zero-order valence-corrected chi connectivity index (χ0v) is 14.5. The van der Waals surface area contributed by atoms with Gasteiger partial charge in [-0.25, -0.2) is 4.98 Å². The lowest BCUT2D eigenvalue weighted by molar-refractivity contribution is 0.0901. The average Bonchev–Trinajstić information content (AvgIpc) is 2.95. The van der Waals surface area contributed by atoms with Crippen LogP contribution in [0.1, 0.15) is 54.6 Å². The Hall–Kier alpha value is -1.95. The molecule has 2 N–H and O–H groups in total. The van der Waals surface area contributed by atoms with Gasteiger partial charge in [0, 0.05) is 25.4 Å². The molecule has 0 saturated heterocycles. The van der Waals surface area contributed by atoms with Gasteiger partial charge in [0.2, 0.25) is 0 Å². The molecule has 2 aromatic rings. The molecule has 2 heterocycles. The Morgan fingerprint density at radius 3 is 2.88 bits per heavy atom. The van der Waals surface area contributed by atoms with E-state index < -0.39 is 0 Å². The number of rotatable bonds is 5. The minimum Gasteiger partial charge on any atom is -0.396 e. The highest BCUT2D eigenvalue weighted by molar-refractivity contribution is 6.05. The summed E-state index contributed by atoms with van der Waals surface area (Å²) < 4.78 is 1.69. The Balaban J connectivity index is 1.84. The molecule has 1 atom stereocenters. The summed E-state index contributed by atoms with van der Waals surface area (Å²) in [6.07, 6.45) is 8.25. The number of carbonyl (C=O) groups is 1. The van der Waals surface area contributed by atoms with Crippen molar-refractivity contribution in [2.75, 3.05) is 6.61 Å². The number of aromatic nitrogens is 3. The number of aliphatic hydroxyl groups excluding tert-OH is 1. The van der Waals surface area contributed by atoms with Crippen molar-refractivity contribution >= 4 is 16.9 Å². The number of aliphatic hydroxyl groups is 1. The zero-order chi connectivity index (χ0) is 17.1. The predicted octanol–water partition coefficient (Wildman–Crippen LogP) is 2.34. The lowest BCUT2D eigenvalue weighted by Gasteiger charge is -2.30. The molecule has 1 unspecified atom stereocenters. The molecule has 0 spiro atoms. The minimum absolute atomic E-state index is 0.0305. The van der Waals surface area contributed by atoms with Crippen LogP contribution in [0.25, 0.3) is 11.0 Å². The van der Waals surface area contributed by atoms with Crippen molar-refractivity contribution in [3.8, 4) is 0 Å². The van der Waals surface area contributed by atoms with Gasteiger partial charge in [0.15, 0.2) is 5.65 Å². The molecule has 130 valence electrons. The van der Waals surface area contributed by atoms with Gasteiger partial charge in [-0.3, -0.25) is 9.48 Å². The Kier molecular flexibility index (Phi) is 5.14.